The minimum absolute atomic E-state index is 0.216. The molecule has 1 aromatic rings. The molecule has 6 nitrogen and oxygen atoms in total. The molecular formula is C15H24N4O2. The molecule has 0 saturated carbocycles. The average molecular weight is 292 g/mol. The molecule has 1 aliphatic heterocycles. The van der Waals surface area contributed by atoms with E-state index in [4.69, 9.17) is 4.74 Å². The van der Waals surface area contributed by atoms with Crippen molar-refractivity contribution >= 4 is 12.0 Å². The predicted octanol–water partition coefficient (Wildman–Crippen LogP) is 2.36. The summed E-state index contributed by atoms with van der Waals surface area (Å²) in [4.78, 5) is 22.5. The molecule has 1 aromatic heterocycles. The van der Waals surface area contributed by atoms with Crippen LogP contribution in [-0.2, 0) is 4.74 Å². The third-order valence-corrected chi connectivity index (χ3v) is 3.32. The lowest BCUT2D eigenvalue weighted by atomic mass is 10.0. The number of amides is 1. The normalized spacial score (nSPS) is 19.2. The van der Waals surface area contributed by atoms with Crippen LogP contribution < -0.4 is 10.2 Å². The Balaban J connectivity index is 1.92. The lowest BCUT2D eigenvalue weighted by molar-refractivity contribution is 0.0522. The summed E-state index contributed by atoms with van der Waals surface area (Å²) >= 11 is 0. The maximum atomic E-state index is 11.8. The van der Waals surface area contributed by atoms with Gasteiger partial charge in [-0.05, 0) is 46.1 Å². The first-order valence-corrected chi connectivity index (χ1v) is 7.46. The fourth-order valence-electron chi connectivity index (χ4n) is 2.43. The van der Waals surface area contributed by atoms with Crippen LogP contribution in [0.15, 0.2) is 18.5 Å². The van der Waals surface area contributed by atoms with Crippen LogP contribution >= 0.6 is 0 Å². The molecule has 0 spiro atoms. The van der Waals surface area contributed by atoms with Crippen molar-refractivity contribution in [2.24, 2.45) is 0 Å². The lowest BCUT2D eigenvalue weighted by Crippen LogP contribution is -2.48. The summed E-state index contributed by atoms with van der Waals surface area (Å²) in [6.45, 7) is 7.05. The van der Waals surface area contributed by atoms with E-state index in [1.54, 1.807) is 18.5 Å². The fraction of sp³-hybridized carbons (Fsp3) is 0.667. The Morgan fingerprint density at radius 1 is 1.38 bits per heavy atom. The molecule has 0 unspecified atom stereocenters. The molecule has 1 atom stereocenters. The fourth-order valence-corrected chi connectivity index (χ4v) is 2.43. The van der Waals surface area contributed by atoms with Crippen molar-refractivity contribution in [1.29, 1.82) is 0 Å². The third-order valence-electron chi connectivity index (χ3n) is 3.32. The molecule has 0 aliphatic carbocycles. The van der Waals surface area contributed by atoms with Crippen LogP contribution in [0.5, 0.6) is 0 Å². The van der Waals surface area contributed by atoms with Crippen LogP contribution in [-0.4, -0.2) is 40.8 Å². The number of hydrogen-bond donors (Lipinski definition) is 1. The van der Waals surface area contributed by atoms with Gasteiger partial charge in [-0.15, -0.1) is 0 Å². The van der Waals surface area contributed by atoms with Crippen LogP contribution in [0.4, 0.5) is 10.7 Å². The van der Waals surface area contributed by atoms with Gasteiger partial charge in [-0.1, -0.05) is 0 Å². The van der Waals surface area contributed by atoms with Gasteiger partial charge in [-0.2, -0.15) is 0 Å². The molecule has 1 N–H and O–H groups in total. The van der Waals surface area contributed by atoms with Crippen LogP contribution in [0.1, 0.15) is 40.0 Å². The summed E-state index contributed by atoms with van der Waals surface area (Å²) in [5, 5.41) is 2.85. The molecule has 0 bridgehead atoms. The van der Waals surface area contributed by atoms with E-state index >= 15 is 0 Å². The summed E-state index contributed by atoms with van der Waals surface area (Å²) in [6, 6.07) is 2.02. The number of ether oxygens (including phenoxy) is 1. The summed E-state index contributed by atoms with van der Waals surface area (Å²) in [7, 11) is 0. The molecule has 116 valence electrons. The lowest BCUT2D eigenvalue weighted by Gasteiger charge is -2.35. The predicted molar refractivity (Wildman–Crippen MR) is 81.3 cm³/mol. The van der Waals surface area contributed by atoms with Crippen molar-refractivity contribution in [3.05, 3.63) is 18.5 Å². The van der Waals surface area contributed by atoms with Gasteiger partial charge in [0.1, 0.15) is 5.60 Å². The Kier molecular flexibility index (Phi) is 4.98. The smallest absolute Gasteiger partial charge is 0.407 e. The minimum Gasteiger partial charge on any atom is -0.444 e. The minimum atomic E-state index is -0.473. The molecule has 0 radical (unpaired) electrons. The van der Waals surface area contributed by atoms with Gasteiger partial charge in [-0.25, -0.2) is 14.8 Å². The molecule has 21 heavy (non-hydrogen) atoms. The number of aromatic nitrogens is 2. The van der Waals surface area contributed by atoms with Gasteiger partial charge in [-0.3, -0.25) is 0 Å². The molecule has 0 aromatic carbocycles. The van der Waals surface area contributed by atoms with Gasteiger partial charge >= 0.3 is 6.09 Å². The van der Waals surface area contributed by atoms with Gasteiger partial charge in [0.2, 0.25) is 5.95 Å². The van der Waals surface area contributed by atoms with Crippen molar-refractivity contribution in [3.63, 3.8) is 0 Å². The monoisotopic (exact) mass is 292 g/mol. The maximum absolute atomic E-state index is 11.8. The van der Waals surface area contributed by atoms with Gasteiger partial charge in [0.05, 0.1) is 0 Å². The number of hydrogen-bond acceptors (Lipinski definition) is 5. The topological polar surface area (TPSA) is 67.3 Å². The van der Waals surface area contributed by atoms with E-state index in [1.807, 2.05) is 20.8 Å². The third kappa shape index (κ3) is 4.88. The van der Waals surface area contributed by atoms with Crippen molar-refractivity contribution in [3.8, 4) is 0 Å². The Hall–Kier alpha value is -1.85. The number of rotatable bonds is 3. The molecule has 1 amide bonds. The second kappa shape index (κ2) is 6.74. The van der Waals surface area contributed by atoms with E-state index in [-0.39, 0.29) is 12.1 Å². The summed E-state index contributed by atoms with van der Waals surface area (Å²) in [5.74, 6) is 0.730. The number of carbonyl (C=O) groups excluding carboxylic acids is 1. The second-order valence-electron chi connectivity index (χ2n) is 6.27. The maximum Gasteiger partial charge on any atom is 0.407 e. The van der Waals surface area contributed by atoms with E-state index in [0.29, 0.717) is 6.54 Å². The van der Waals surface area contributed by atoms with E-state index in [1.165, 1.54) is 0 Å². The Labute approximate surface area is 125 Å². The highest BCUT2D eigenvalue weighted by Gasteiger charge is 2.25. The number of anilines is 1. The number of piperidine rings is 1. The van der Waals surface area contributed by atoms with Gasteiger partial charge in [0.25, 0.3) is 0 Å². The number of alkyl carbamates (subject to hydrolysis) is 1. The van der Waals surface area contributed by atoms with Crippen molar-refractivity contribution in [2.45, 2.75) is 51.7 Å². The highest BCUT2D eigenvalue weighted by molar-refractivity contribution is 5.67. The largest absolute Gasteiger partial charge is 0.444 e. The molecule has 6 heteroatoms. The van der Waals surface area contributed by atoms with Crippen molar-refractivity contribution in [2.75, 3.05) is 18.0 Å². The Morgan fingerprint density at radius 2 is 2.10 bits per heavy atom. The highest BCUT2D eigenvalue weighted by atomic mass is 16.6. The zero-order chi connectivity index (χ0) is 15.3. The molecule has 2 heterocycles. The van der Waals surface area contributed by atoms with E-state index in [0.717, 1.165) is 31.8 Å². The van der Waals surface area contributed by atoms with Gasteiger partial charge in [0, 0.05) is 31.5 Å². The van der Waals surface area contributed by atoms with Gasteiger partial charge in [0.15, 0.2) is 0 Å². The van der Waals surface area contributed by atoms with Crippen LogP contribution in [0.2, 0.25) is 0 Å². The quantitative estimate of drug-likeness (QED) is 0.926. The van der Waals surface area contributed by atoms with E-state index in [2.05, 4.69) is 20.2 Å². The highest BCUT2D eigenvalue weighted by Crippen LogP contribution is 2.20. The van der Waals surface area contributed by atoms with E-state index < -0.39 is 5.60 Å². The molecule has 1 aliphatic rings. The second-order valence-corrected chi connectivity index (χ2v) is 6.27. The Morgan fingerprint density at radius 3 is 2.76 bits per heavy atom. The zero-order valence-corrected chi connectivity index (χ0v) is 13.0. The summed E-state index contributed by atoms with van der Waals surface area (Å²) in [5.41, 5.74) is -0.473. The standard InChI is InChI=1S/C15H24N4O2/c1-15(2,3)21-14(20)18-11-12-7-4-5-10-19(12)13-16-8-6-9-17-13/h6,8-9,12H,4-5,7,10-11H2,1-3H3,(H,18,20)/t12-/m1/s1. The summed E-state index contributed by atoms with van der Waals surface area (Å²) in [6.07, 6.45) is 6.42. The molecule has 2 rings (SSSR count). The van der Waals surface area contributed by atoms with Crippen molar-refractivity contribution < 1.29 is 9.53 Å². The first kappa shape index (κ1) is 15.5. The van der Waals surface area contributed by atoms with Crippen LogP contribution in [0, 0.1) is 0 Å². The number of nitrogens with one attached hydrogen (secondary N) is 1. The number of nitrogens with zero attached hydrogens (tertiary/aromatic N) is 3. The van der Waals surface area contributed by atoms with Crippen LogP contribution in [0.3, 0.4) is 0 Å². The number of carbonyl (C=O) groups is 1. The van der Waals surface area contributed by atoms with Crippen LogP contribution in [0.25, 0.3) is 0 Å². The summed E-state index contributed by atoms with van der Waals surface area (Å²) < 4.78 is 5.27. The van der Waals surface area contributed by atoms with Gasteiger partial charge < -0.3 is 15.0 Å². The zero-order valence-electron chi connectivity index (χ0n) is 13.0. The van der Waals surface area contributed by atoms with Crippen molar-refractivity contribution in [1.82, 2.24) is 15.3 Å². The van der Waals surface area contributed by atoms with E-state index in [9.17, 15) is 4.79 Å². The Bertz CT molecular complexity index is 458. The average Bonchev–Trinajstić information content (AvgIpc) is 2.45. The molecular weight excluding hydrogens is 268 g/mol. The first-order chi connectivity index (χ1) is 9.96. The SMILES string of the molecule is CC(C)(C)OC(=O)NC[C@H]1CCCCN1c1ncccn1. The first-order valence-electron chi connectivity index (χ1n) is 7.46. The molecule has 1 fully saturated rings. The molecule has 1 saturated heterocycles.